The maximum absolute atomic E-state index is 5.62. The Labute approximate surface area is 87.4 Å². The SMILES string of the molecule is Nc1ccnc(NCc2ccncn2)c1. The van der Waals surface area contributed by atoms with Crippen LogP contribution in [-0.2, 0) is 6.54 Å². The number of nitrogens with two attached hydrogens (primary N) is 1. The number of hydrogen-bond donors (Lipinski definition) is 2. The molecular weight excluding hydrogens is 190 g/mol. The van der Waals surface area contributed by atoms with E-state index < -0.39 is 0 Å². The van der Waals surface area contributed by atoms with Crippen molar-refractivity contribution in [3.8, 4) is 0 Å². The second-order valence-corrected chi connectivity index (χ2v) is 3.03. The van der Waals surface area contributed by atoms with Gasteiger partial charge >= 0.3 is 0 Å². The van der Waals surface area contributed by atoms with Crippen LogP contribution in [0.25, 0.3) is 0 Å². The summed E-state index contributed by atoms with van der Waals surface area (Å²) in [5.74, 6) is 0.744. The van der Waals surface area contributed by atoms with Gasteiger partial charge in [0.25, 0.3) is 0 Å². The molecule has 0 aliphatic carbocycles. The lowest BCUT2D eigenvalue weighted by Crippen LogP contribution is -2.03. The number of nitrogens with zero attached hydrogens (tertiary/aromatic N) is 3. The zero-order valence-electron chi connectivity index (χ0n) is 8.09. The van der Waals surface area contributed by atoms with Gasteiger partial charge in [-0.1, -0.05) is 0 Å². The minimum Gasteiger partial charge on any atom is -0.399 e. The fraction of sp³-hybridized carbons (Fsp3) is 0.100. The normalized spacial score (nSPS) is 9.87. The molecule has 0 aromatic carbocycles. The van der Waals surface area contributed by atoms with Gasteiger partial charge in [0.15, 0.2) is 0 Å². The van der Waals surface area contributed by atoms with Crippen molar-refractivity contribution in [3.63, 3.8) is 0 Å². The summed E-state index contributed by atoms with van der Waals surface area (Å²) in [6, 6.07) is 5.37. The zero-order chi connectivity index (χ0) is 10.5. The first-order valence-electron chi connectivity index (χ1n) is 4.55. The van der Waals surface area contributed by atoms with E-state index in [-0.39, 0.29) is 0 Å². The van der Waals surface area contributed by atoms with Gasteiger partial charge in [0, 0.05) is 24.1 Å². The van der Waals surface area contributed by atoms with Gasteiger partial charge in [-0.3, -0.25) is 0 Å². The fourth-order valence-electron chi connectivity index (χ4n) is 1.15. The molecule has 0 amide bonds. The van der Waals surface area contributed by atoms with Crippen molar-refractivity contribution in [2.24, 2.45) is 0 Å². The molecule has 3 N–H and O–H groups in total. The van der Waals surface area contributed by atoms with E-state index in [0.717, 1.165) is 11.5 Å². The Kier molecular flexibility index (Phi) is 2.73. The Morgan fingerprint density at radius 3 is 2.87 bits per heavy atom. The van der Waals surface area contributed by atoms with Crippen molar-refractivity contribution in [2.75, 3.05) is 11.1 Å². The maximum Gasteiger partial charge on any atom is 0.128 e. The van der Waals surface area contributed by atoms with Crippen LogP contribution in [0.4, 0.5) is 11.5 Å². The highest BCUT2D eigenvalue weighted by Gasteiger charge is 1.95. The van der Waals surface area contributed by atoms with E-state index >= 15 is 0 Å². The first-order valence-corrected chi connectivity index (χ1v) is 4.55. The first kappa shape index (κ1) is 9.39. The summed E-state index contributed by atoms with van der Waals surface area (Å²) in [6.07, 6.45) is 4.89. The Morgan fingerprint density at radius 2 is 2.13 bits per heavy atom. The molecule has 5 nitrogen and oxygen atoms in total. The molecule has 0 saturated heterocycles. The lowest BCUT2D eigenvalue weighted by molar-refractivity contribution is 0.997. The number of nitrogens with one attached hydrogen (secondary N) is 1. The van der Waals surface area contributed by atoms with E-state index in [1.165, 1.54) is 6.33 Å². The quantitative estimate of drug-likeness (QED) is 0.776. The van der Waals surface area contributed by atoms with Crippen LogP contribution in [0.1, 0.15) is 5.69 Å². The molecule has 2 heterocycles. The van der Waals surface area contributed by atoms with E-state index in [1.54, 1.807) is 24.5 Å². The fourth-order valence-corrected chi connectivity index (χ4v) is 1.15. The minimum atomic E-state index is 0.610. The second kappa shape index (κ2) is 4.36. The third-order valence-corrected chi connectivity index (χ3v) is 1.88. The molecule has 5 heteroatoms. The van der Waals surface area contributed by atoms with Crippen molar-refractivity contribution in [3.05, 3.63) is 42.6 Å². The van der Waals surface area contributed by atoms with Crippen LogP contribution in [0.5, 0.6) is 0 Å². The molecule has 0 unspecified atom stereocenters. The third kappa shape index (κ3) is 2.63. The summed E-state index contributed by atoms with van der Waals surface area (Å²) >= 11 is 0. The topological polar surface area (TPSA) is 76.7 Å². The van der Waals surface area contributed by atoms with Crippen LogP contribution in [0, 0.1) is 0 Å². The molecule has 0 aliphatic heterocycles. The van der Waals surface area contributed by atoms with E-state index in [4.69, 9.17) is 5.73 Å². The summed E-state index contributed by atoms with van der Waals surface area (Å²) in [4.78, 5) is 12.0. The third-order valence-electron chi connectivity index (χ3n) is 1.88. The molecule has 0 aliphatic rings. The Hall–Kier alpha value is -2.17. The van der Waals surface area contributed by atoms with E-state index in [1.807, 2.05) is 6.07 Å². The van der Waals surface area contributed by atoms with E-state index in [9.17, 15) is 0 Å². The van der Waals surface area contributed by atoms with Crippen LogP contribution in [0.15, 0.2) is 36.9 Å². The van der Waals surface area contributed by atoms with Gasteiger partial charge in [-0.05, 0) is 12.1 Å². The lowest BCUT2D eigenvalue weighted by Gasteiger charge is -2.04. The Balaban J connectivity index is 1.99. The van der Waals surface area contributed by atoms with Crippen LogP contribution in [0.2, 0.25) is 0 Å². The molecule has 2 aromatic heterocycles. The highest BCUT2D eigenvalue weighted by atomic mass is 15.0. The summed E-state index contributed by atoms with van der Waals surface area (Å²) in [6.45, 7) is 0.610. The van der Waals surface area contributed by atoms with Crippen molar-refractivity contribution in [2.45, 2.75) is 6.54 Å². The van der Waals surface area contributed by atoms with Crippen molar-refractivity contribution in [1.82, 2.24) is 15.0 Å². The van der Waals surface area contributed by atoms with Crippen molar-refractivity contribution >= 4 is 11.5 Å². The first-order chi connectivity index (χ1) is 7.34. The van der Waals surface area contributed by atoms with Gasteiger partial charge in [-0.15, -0.1) is 0 Å². The standard InChI is InChI=1S/C10H11N5/c11-8-1-4-13-10(5-8)14-6-9-2-3-12-7-15-9/h1-5,7H,6H2,(H3,11,13,14). The number of anilines is 2. The summed E-state index contributed by atoms with van der Waals surface area (Å²) in [5.41, 5.74) is 7.22. The van der Waals surface area contributed by atoms with Gasteiger partial charge in [-0.2, -0.15) is 0 Å². The minimum absolute atomic E-state index is 0.610. The average molecular weight is 201 g/mol. The van der Waals surface area contributed by atoms with Gasteiger partial charge in [0.1, 0.15) is 12.1 Å². The maximum atomic E-state index is 5.62. The van der Waals surface area contributed by atoms with Crippen LogP contribution in [-0.4, -0.2) is 15.0 Å². The number of nitrogen functional groups attached to an aromatic ring is 1. The smallest absolute Gasteiger partial charge is 0.128 e. The molecule has 0 spiro atoms. The average Bonchev–Trinajstić information content (AvgIpc) is 2.28. The predicted octanol–water partition coefficient (Wildman–Crippen LogP) is 1.07. The van der Waals surface area contributed by atoms with Gasteiger partial charge in [0.05, 0.1) is 12.2 Å². The second-order valence-electron chi connectivity index (χ2n) is 3.03. The summed E-state index contributed by atoms with van der Waals surface area (Å²) < 4.78 is 0. The van der Waals surface area contributed by atoms with Crippen LogP contribution >= 0.6 is 0 Å². The number of aromatic nitrogens is 3. The van der Waals surface area contributed by atoms with Crippen molar-refractivity contribution < 1.29 is 0 Å². The molecule has 0 atom stereocenters. The molecule has 0 saturated carbocycles. The summed E-state index contributed by atoms with van der Waals surface area (Å²) in [7, 11) is 0. The molecule has 0 fully saturated rings. The molecule has 2 rings (SSSR count). The lowest BCUT2D eigenvalue weighted by atomic mass is 10.3. The number of hydrogen-bond acceptors (Lipinski definition) is 5. The highest BCUT2D eigenvalue weighted by molar-refractivity contribution is 5.48. The van der Waals surface area contributed by atoms with E-state index in [2.05, 4.69) is 20.3 Å². The van der Waals surface area contributed by atoms with Crippen LogP contribution in [0.3, 0.4) is 0 Å². The molecular formula is C10H11N5. The van der Waals surface area contributed by atoms with Crippen LogP contribution < -0.4 is 11.1 Å². The number of pyridine rings is 1. The molecule has 15 heavy (non-hydrogen) atoms. The Morgan fingerprint density at radius 1 is 1.20 bits per heavy atom. The Bertz CT molecular complexity index is 429. The highest BCUT2D eigenvalue weighted by Crippen LogP contribution is 2.08. The van der Waals surface area contributed by atoms with Gasteiger partial charge < -0.3 is 11.1 Å². The van der Waals surface area contributed by atoms with E-state index in [0.29, 0.717) is 12.2 Å². The number of rotatable bonds is 3. The molecule has 76 valence electrons. The monoisotopic (exact) mass is 201 g/mol. The molecule has 2 aromatic rings. The molecule has 0 bridgehead atoms. The summed E-state index contributed by atoms with van der Waals surface area (Å²) in [5, 5.41) is 3.12. The molecule has 0 radical (unpaired) electrons. The largest absolute Gasteiger partial charge is 0.399 e. The van der Waals surface area contributed by atoms with Crippen molar-refractivity contribution in [1.29, 1.82) is 0 Å². The van der Waals surface area contributed by atoms with Gasteiger partial charge in [0.2, 0.25) is 0 Å². The zero-order valence-corrected chi connectivity index (χ0v) is 8.09. The predicted molar refractivity (Wildman–Crippen MR) is 58.0 cm³/mol. The van der Waals surface area contributed by atoms with Gasteiger partial charge in [-0.25, -0.2) is 15.0 Å².